The van der Waals surface area contributed by atoms with Crippen molar-refractivity contribution in [1.82, 2.24) is 9.55 Å². The summed E-state index contributed by atoms with van der Waals surface area (Å²) in [5.41, 5.74) is 2.48. The molecule has 6 nitrogen and oxygen atoms in total. The molecule has 0 N–H and O–H groups in total. The second-order valence-electron chi connectivity index (χ2n) is 6.23. The molecular formula is C19H22N2O4S2. The van der Waals surface area contributed by atoms with E-state index < -0.39 is 0 Å². The lowest BCUT2D eigenvalue weighted by molar-refractivity contribution is 0.0600. The Bertz CT molecular complexity index is 881. The quantitative estimate of drug-likeness (QED) is 0.398. The molecule has 27 heavy (non-hydrogen) atoms. The minimum absolute atomic E-state index is 0.0231. The molecular weight excluding hydrogens is 384 g/mol. The van der Waals surface area contributed by atoms with Crippen LogP contribution in [-0.4, -0.2) is 41.6 Å². The third kappa shape index (κ3) is 4.56. The number of fused-ring (bicyclic) bond motifs is 1. The Morgan fingerprint density at radius 3 is 2.74 bits per heavy atom. The average Bonchev–Trinajstić information content (AvgIpc) is 3.06. The summed E-state index contributed by atoms with van der Waals surface area (Å²) in [5, 5.41) is 1.09. The van der Waals surface area contributed by atoms with Crippen LogP contribution >= 0.6 is 23.5 Å². The zero-order valence-electron chi connectivity index (χ0n) is 15.6. The maximum Gasteiger partial charge on any atom is 0.337 e. The lowest BCUT2D eigenvalue weighted by Crippen LogP contribution is -2.27. The molecule has 3 rings (SSSR count). The first-order chi connectivity index (χ1) is 13.0. The number of methoxy groups -OCH3 is 2. The summed E-state index contributed by atoms with van der Waals surface area (Å²) in [5.74, 6) is 0.303. The second kappa shape index (κ2) is 8.95. The van der Waals surface area contributed by atoms with Gasteiger partial charge in [-0.2, -0.15) is 0 Å². The van der Waals surface area contributed by atoms with Crippen LogP contribution in [0.3, 0.4) is 0 Å². The van der Waals surface area contributed by atoms with E-state index in [1.807, 2.05) is 12.1 Å². The predicted octanol–water partition coefficient (Wildman–Crippen LogP) is 3.01. The van der Waals surface area contributed by atoms with Crippen molar-refractivity contribution in [2.75, 3.05) is 20.8 Å². The second-order valence-corrected chi connectivity index (χ2v) is 8.62. The molecule has 8 heteroatoms. The Labute approximate surface area is 166 Å². The summed E-state index contributed by atoms with van der Waals surface area (Å²) in [4.78, 5) is 29.9. The van der Waals surface area contributed by atoms with E-state index in [1.165, 1.54) is 18.9 Å². The van der Waals surface area contributed by atoms with E-state index in [1.54, 1.807) is 35.6 Å². The number of carbonyl (C=O) groups is 1. The van der Waals surface area contributed by atoms with Crippen molar-refractivity contribution in [3.63, 3.8) is 0 Å². The van der Waals surface area contributed by atoms with Crippen LogP contribution in [0.5, 0.6) is 0 Å². The Morgan fingerprint density at radius 1 is 1.33 bits per heavy atom. The number of rotatable bonds is 7. The van der Waals surface area contributed by atoms with Gasteiger partial charge in [-0.3, -0.25) is 9.36 Å². The van der Waals surface area contributed by atoms with E-state index in [0.29, 0.717) is 34.9 Å². The number of hydrogen-bond acceptors (Lipinski definition) is 7. The molecule has 144 valence electrons. The minimum Gasteiger partial charge on any atom is -0.465 e. The van der Waals surface area contributed by atoms with Gasteiger partial charge in [0.05, 0.1) is 36.4 Å². The van der Waals surface area contributed by atoms with Crippen molar-refractivity contribution in [2.45, 2.75) is 40.9 Å². The van der Waals surface area contributed by atoms with Crippen LogP contribution in [0.4, 0.5) is 0 Å². The zero-order chi connectivity index (χ0) is 19.4. The number of ether oxygens (including phenoxy) is 2. The third-order valence-electron chi connectivity index (χ3n) is 4.22. The molecule has 1 aromatic carbocycles. The van der Waals surface area contributed by atoms with Gasteiger partial charge in [0.1, 0.15) is 0 Å². The van der Waals surface area contributed by atoms with Crippen LogP contribution in [0.15, 0.2) is 39.1 Å². The molecule has 1 atom stereocenters. The molecule has 0 bridgehead atoms. The van der Waals surface area contributed by atoms with Crippen LogP contribution in [-0.2, 0) is 28.2 Å². The standard InChI is InChI=1S/C19H22N2O4S2/c1-12-10-15-16(27-12)17(22)21(8-9-24-2)19(20-15)26-11-13-4-6-14(7-5-13)18(23)25-3/h4-7,12H,8-11H2,1-3H3. The van der Waals surface area contributed by atoms with Gasteiger partial charge in [0.25, 0.3) is 5.56 Å². The molecule has 0 radical (unpaired) electrons. The van der Waals surface area contributed by atoms with Gasteiger partial charge in [-0.25, -0.2) is 9.78 Å². The summed E-state index contributed by atoms with van der Waals surface area (Å²) < 4.78 is 11.6. The van der Waals surface area contributed by atoms with Crippen molar-refractivity contribution in [2.24, 2.45) is 0 Å². The SMILES string of the molecule is COCCn1c(SCc2ccc(C(=O)OC)cc2)nc2c(c1=O)SC(C)C2. The molecule has 1 unspecified atom stereocenters. The van der Waals surface area contributed by atoms with Gasteiger partial charge in [-0.05, 0) is 17.7 Å². The molecule has 0 saturated carbocycles. The number of aromatic nitrogens is 2. The molecule has 2 heterocycles. The number of benzene rings is 1. The average molecular weight is 407 g/mol. The van der Waals surface area contributed by atoms with Crippen molar-refractivity contribution in [1.29, 1.82) is 0 Å². The lowest BCUT2D eigenvalue weighted by Gasteiger charge is -2.13. The Hall–Kier alpha value is -1.77. The van der Waals surface area contributed by atoms with Crippen LogP contribution in [0.25, 0.3) is 0 Å². The molecule has 0 aliphatic carbocycles. The van der Waals surface area contributed by atoms with Crippen LogP contribution in [0.1, 0.15) is 28.5 Å². The number of hydrogen-bond donors (Lipinski definition) is 0. The van der Waals surface area contributed by atoms with Crippen molar-refractivity contribution in [3.05, 3.63) is 51.4 Å². The number of thioether (sulfide) groups is 2. The van der Waals surface area contributed by atoms with E-state index in [4.69, 9.17) is 14.5 Å². The first-order valence-corrected chi connectivity index (χ1v) is 10.5. The molecule has 2 aromatic rings. The molecule has 0 fully saturated rings. The summed E-state index contributed by atoms with van der Waals surface area (Å²) in [7, 11) is 2.99. The largest absolute Gasteiger partial charge is 0.465 e. The van der Waals surface area contributed by atoms with E-state index >= 15 is 0 Å². The summed E-state index contributed by atoms with van der Waals surface area (Å²) in [6, 6.07) is 7.27. The van der Waals surface area contributed by atoms with Gasteiger partial charge >= 0.3 is 5.97 Å². The molecule has 1 aromatic heterocycles. The highest BCUT2D eigenvalue weighted by Gasteiger charge is 2.26. The van der Waals surface area contributed by atoms with Gasteiger partial charge in [0, 0.05) is 24.5 Å². The highest BCUT2D eigenvalue weighted by atomic mass is 32.2. The zero-order valence-corrected chi connectivity index (χ0v) is 17.2. The first kappa shape index (κ1) is 20.0. The molecule has 0 spiro atoms. The Morgan fingerprint density at radius 2 is 2.07 bits per heavy atom. The van der Waals surface area contributed by atoms with Crippen molar-refractivity contribution in [3.8, 4) is 0 Å². The third-order valence-corrected chi connectivity index (χ3v) is 6.49. The fourth-order valence-electron chi connectivity index (χ4n) is 2.82. The summed E-state index contributed by atoms with van der Waals surface area (Å²) >= 11 is 3.13. The monoisotopic (exact) mass is 406 g/mol. The van der Waals surface area contributed by atoms with Gasteiger partial charge in [-0.1, -0.05) is 30.8 Å². The Balaban J connectivity index is 1.81. The normalized spacial score (nSPS) is 15.6. The maximum absolute atomic E-state index is 12.9. The van der Waals surface area contributed by atoms with Gasteiger partial charge in [0.15, 0.2) is 5.16 Å². The molecule has 0 saturated heterocycles. The fraction of sp³-hybridized carbons (Fsp3) is 0.421. The van der Waals surface area contributed by atoms with E-state index in [2.05, 4.69) is 6.92 Å². The van der Waals surface area contributed by atoms with E-state index in [0.717, 1.165) is 22.6 Å². The van der Waals surface area contributed by atoms with Gasteiger partial charge in [-0.15, -0.1) is 11.8 Å². The van der Waals surface area contributed by atoms with Crippen molar-refractivity contribution >= 4 is 29.5 Å². The van der Waals surface area contributed by atoms with Gasteiger partial charge < -0.3 is 9.47 Å². The highest BCUT2D eigenvalue weighted by molar-refractivity contribution is 8.00. The Kier molecular flexibility index (Phi) is 6.62. The summed E-state index contributed by atoms with van der Waals surface area (Å²) in [6.07, 6.45) is 0.821. The predicted molar refractivity (Wildman–Crippen MR) is 107 cm³/mol. The topological polar surface area (TPSA) is 70.4 Å². The van der Waals surface area contributed by atoms with E-state index in [9.17, 15) is 9.59 Å². The number of carbonyl (C=O) groups excluding carboxylic acids is 1. The molecule has 1 aliphatic rings. The van der Waals surface area contributed by atoms with Crippen LogP contribution in [0, 0.1) is 0 Å². The van der Waals surface area contributed by atoms with Crippen LogP contribution in [0.2, 0.25) is 0 Å². The first-order valence-electron chi connectivity index (χ1n) is 8.62. The summed E-state index contributed by atoms with van der Waals surface area (Å²) in [6.45, 7) is 3.05. The van der Waals surface area contributed by atoms with Crippen LogP contribution < -0.4 is 5.56 Å². The smallest absolute Gasteiger partial charge is 0.337 e. The number of nitrogens with zero attached hydrogens (tertiary/aromatic N) is 2. The fourth-order valence-corrected chi connectivity index (χ4v) is 4.94. The minimum atomic E-state index is -0.352. The van der Waals surface area contributed by atoms with Gasteiger partial charge in [0.2, 0.25) is 0 Å². The lowest BCUT2D eigenvalue weighted by atomic mass is 10.1. The molecule has 0 amide bonds. The van der Waals surface area contributed by atoms with E-state index in [-0.39, 0.29) is 11.5 Å². The number of esters is 1. The highest BCUT2D eigenvalue weighted by Crippen LogP contribution is 2.34. The maximum atomic E-state index is 12.9. The molecule has 1 aliphatic heterocycles. The van der Waals surface area contributed by atoms with Crippen molar-refractivity contribution < 1.29 is 14.3 Å².